The van der Waals surface area contributed by atoms with Crippen molar-refractivity contribution in [1.82, 2.24) is 24.7 Å². The summed E-state index contributed by atoms with van der Waals surface area (Å²) < 4.78 is 37.1. The first kappa shape index (κ1) is 18.1. The fourth-order valence-electron chi connectivity index (χ4n) is 4.26. The zero-order valence-electron chi connectivity index (χ0n) is 15.1. The van der Waals surface area contributed by atoms with Crippen LogP contribution in [-0.2, 0) is 15.4 Å². The van der Waals surface area contributed by atoms with Gasteiger partial charge in [-0.3, -0.25) is 4.79 Å². The van der Waals surface area contributed by atoms with Crippen LogP contribution in [0, 0.1) is 12.8 Å². The van der Waals surface area contributed by atoms with E-state index in [4.69, 9.17) is 8.94 Å². The van der Waals surface area contributed by atoms with E-state index in [9.17, 15) is 13.2 Å². The second-order valence-electron chi connectivity index (χ2n) is 7.22. The van der Waals surface area contributed by atoms with E-state index in [0.29, 0.717) is 37.6 Å². The number of aryl methyl sites for hydroxylation is 1. The number of nitrogens with one attached hydrogen (secondary N) is 1. The number of carbonyl (C=O) groups is 1. The number of hydrogen-bond acceptors (Lipinski definition) is 8. The van der Waals surface area contributed by atoms with E-state index >= 15 is 0 Å². The number of fused-ring (bicyclic) bond motifs is 1. The Kier molecular flexibility index (Phi) is 4.30. The van der Waals surface area contributed by atoms with Crippen molar-refractivity contribution in [1.29, 1.82) is 0 Å². The zero-order chi connectivity index (χ0) is 19.2. The molecule has 1 aliphatic heterocycles. The van der Waals surface area contributed by atoms with Gasteiger partial charge < -0.3 is 13.8 Å². The smallest absolute Gasteiger partial charge is 0.275 e. The van der Waals surface area contributed by atoms with Gasteiger partial charge in [-0.1, -0.05) is 5.16 Å². The van der Waals surface area contributed by atoms with Crippen LogP contribution in [-0.4, -0.2) is 59.2 Å². The van der Waals surface area contributed by atoms with Crippen molar-refractivity contribution >= 4 is 15.9 Å². The number of sulfonamides is 1. The molecule has 1 N–H and O–H groups in total. The highest BCUT2D eigenvalue weighted by molar-refractivity contribution is 7.89. The number of likely N-dealkylation sites (tertiary alicyclic amines) is 1. The van der Waals surface area contributed by atoms with Crippen molar-refractivity contribution in [2.75, 3.05) is 18.8 Å². The first-order valence-electron chi connectivity index (χ1n) is 8.81. The predicted octanol–water partition coefficient (Wildman–Crippen LogP) is 0.478. The highest BCUT2D eigenvalue weighted by Gasteiger charge is 2.58. The van der Waals surface area contributed by atoms with E-state index in [1.165, 1.54) is 12.7 Å². The summed E-state index contributed by atoms with van der Waals surface area (Å²) in [6, 6.07) is -0.226. The van der Waals surface area contributed by atoms with Crippen LogP contribution in [0.15, 0.2) is 21.6 Å². The fourth-order valence-corrected chi connectivity index (χ4v) is 5.12. The molecule has 146 valence electrons. The molecule has 11 heteroatoms. The van der Waals surface area contributed by atoms with Crippen molar-refractivity contribution in [3.63, 3.8) is 0 Å². The topological polar surface area (TPSA) is 131 Å². The zero-order valence-corrected chi connectivity index (χ0v) is 15.9. The number of rotatable bonds is 5. The minimum Gasteiger partial charge on any atom is -0.451 e. The first-order chi connectivity index (χ1) is 12.8. The summed E-state index contributed by atoms with van der Waals surface area (Å²) in [5, 5.41) is 3.90. The maximum absolute atomic E-state index is 12.7. The normalized spacial score (nSPS) is 27.9. The molecule has 0 aromatic carbocycles. The van der Waals surface area contributed by atoms with Crippen LogP contribution in [0.2, 0.25) is 0 Å². The summed E-state index contributed by atoms with van der Waals surface area (Å²) >= 11 is 0. The maximum atomic E-state index is 12.7. The Bertz CT molecular complexity index is 940. The Morgan fingerprint density at radius 3 is 2.93 bits per heavy atom. The molecule has 27 heavy (non-hydrogen) atoms. The Labute approximate surface area is 156 Å². The average molecular weight is 395 g/mol. The van der Waals surface area contributed by atoms with Gasteiger partial charge in [0, 0.05) is 19.1 Å². The number of oxazole rings is 1. The third-order valence-corrected chi connectivity index (χ3v) is 6.95. The lowest BCUT2D eigenvalue weighted by Gasteiger charge is -2.25. The Balaban J connectivity index is 1.62. The molecule has 2 aliphatic rings. The molecule has 1 unspecified atom stereocenters. The first-order valence-corrected chi connectivity index (χ1v) is 10.5. The number of aromatic nitrogens is 3. The van der Waals surface area contributed by atoms with Crippen molar-refractivity contribution in [3.8, 4) is 0 Å². The molecule has 0 radical (unpaired) electrons. The highest BCUT2D eigenvalue weighted by Crippen LogP contribution is 2.50. The van der Waals surface area contributed by atoms with Gasteiger partial charge in [0.25, 0.3) is 5.91 Å². The molecule has 1 aliphatic carbocycles. The number of nitrogens with zero attached hydrogens (tertiary/aromatic N) is 4. The second-order valence-corrected chi connectivity index (χ2v) is 9.26. The molecule has 3 atom stereocenters. The fraction of sp³-hybridized carbons (Fsp3) is 0.625. The third-order valence-electron chi connectivity index (χ3n) is 5.49. The van der Waals surface area contributed by atoms with E-state index in [2.05, 4.69) is 19.8 Å². The lowest BCUT2D eigenvalue weighted by molar-refractivity contribution is 0.0767. The summed E-state index contributed by atoms with van der Waals surface area (Å²) in [5.41, 5.74) is -0.322. The van der Waals surface area contributed by atoms with Crippen LogP contribution in [0.3, 0.4) is 0 Å². The minimum atomic E-state index is -3.32. The SMILES string of the molecule is CCS(=O)(=O)N[C@@H]1CC2CN(C(=O)c3cocn3)C[C@@]2(c2nc(C)no2)C1. The maximum Gasteiger partial charge on any atom is 0.275 e. The number of hydrogen-bond donors (Lipinski definition) is 1. The summed E-state index contributed by atoms with van der Waals surface area (Å²) in [6.45, 7) is 4.18. The van der Waals surface area contributed by atoms with Gasteiger partial charge in [-0.2, -0.15) is 4.98 Å². The summed E-state index contributed by atoms with van der Waals surface area (Å²) in [6.07, 6.45) is 3.64. The van der Waals surface area contributed by atoms with Crippen molar-refractivity contribution in [2.45, 2.75) is 38.1 Å². The number of carbonyl (C=O) groups excluding carboxylic acids is 1. The molecule has 4 rings (SSSR count). The van der Waals surface area contributed by atoms with Gasteiger partial charge in [-0.25, -0.2) is 18.1 Å². The lowest BCUT2D eigenvalue weighted by Crippen LogP contribution is -2.40. The van der Waals surface area contributed by atoms with E-state index in [1.54, 1.807) is 18.7 Å². The molecule has 1 saturated carbocycles. The van der Waals surface area contributed by atoms with Crippen LogP contribution in [0.25, 0.3) is 0 Å². The highest BCUT2D eigenvalue weighted by atomic mass is 32.2. The number of amides is 1. The van der Waals surface area contributed by atoms with Crippen molar-refractivity contribution in [3.05, 3.63) is 30.1 Å². The van der Waals surface area contributed by atoms with E-state index < -0.39 is 15.4 Å². The van der Waals surface area contributed by atoms with Crippen LogP contribution in [0.5, 0.6) is 0 Å². The van der Waals surface area contributed by atoms with Crippen molar-refractivity contribution in [2.24, 2.45) is 5.92 Å². The van der Waals surface area contributed by atoms with Gasteiger partial charge in [0.05, 0.1) is 11.2 Å². The van der Waals surface area contributed by atoms with Crippen LogP contribution in [0.4, 0.5) is 0 Å². The molecule has 10 nitrogen and oxygen atoms in total. The van der Waals surface area contributed by atoms with Crippen LogP contribution >= 0.6 is 0 Å². The molecular weight excluding hydrogens is 374 g/mol. The van der Waals surface area contributed by atoms with Gasteiger partial charge in [-0.15, -0.1) is 0 Å². The van der Waals surface area contributed by atoms with E-state index in [-0.39, 0.29) is 29.3 Å². The van der Waals surface area contributed by atoms with Gasteiger partial charge in [0.1, 0.15) is 6.26 Å². The van der Waals surface area contributed by atoms with E-state index in [0.717, 1.165) is 0 Å². The second kappa shape index (κ2) is 6.41. The standard InChI is InChI=1S/C16H21N5O5S/c1-3-27(23,24)20-12-4-11-6-21(14(22)13-7-25-9-17-13)8-16(11,5-12)15-18-10(2)19-26-15/h7,9,11-12,20H,3-6,8H2,1-2H3/t11?,12-,16+/m1/s1. The molecule has 1 saturated heterocycles. The molecule has 2 aromatic heterocycles. The van der Waals surface area contributed by atoms with Crippen LogP contribution in [0.1, 0.15) is 42.0 Å². The molecular formula is C16H21N5O5S. The minimum absolute atomic E-state index is 0.0118. The Morgan fingerprint density at radius 2 is 2.30 bits per heavy atom. The monoisotopic (exact) mass is 395 g/mol. The van der Waals surface area contributed by atoms with Gasteiger partial charge in [0.15, 0.2) is 17.9 Å². The molecule has 0 spiro atoms. The average Bonchev–Trinajstić information content (AvgIpc) is 3.36. The summed E-state index contributed by atoms with van der Waals surface area (Å²) in [4.78, 5) is 22.7. The quantitative estimate of drug-likeness (QED) is 0.773. The van der Waals surface area contributed by atoms with E-state index in [1.807, 2.05) is 0 Å². The molecule has 2 fully saturated rings. The largest absolute Gasteiger partial charge is 0.451 e. The van der Waals surface area contributed by atoms with Gasteiger partial charge in [0.2, 0.25) is 15.9 Å². The predicted molar refractivity (Wildman–Crippen MR) is 92.2 cm³/mol. The molecule has 3 heterocycles. The molecule has 2 aromatic rings. The molecule has 1 amide bonds. The lowest BCUT2D eigenvalue weighted by atomic mass is 9.80. The Morgan fingerprint density at radius 1 is 1.48 bits per heavy atom. The van der Waals surface area contributed by atoms with Crippen molar-refractivity contribution < 1.29 is 22.2 Å². The van der Waals surface area contributed by atoms with Gasteiger partial charge in [-0.05, 0) is 32.6 Å². The van der Waals surface area contributed by atoms with Crippen LogP contribution < -0.4 is 4.72 Å². The third kappa shape index (κ3) is 3.14. The molecule has 0 bridgehead atoms. The Hall–Kier alpha value is -2.27. The summed E-state index contributed by atoms with van der Waals surface area (Å²) in [7, 11) is -3.32. The summed E-state index contributed by atoms with van der Waals surface area (Å²) in [5.74, 6) is 0.783. The van der Waals surface area contributed by atoms with Gasteiger partial charge >= 0.3 is 0 Å².